The summed E-state index contributed by atoms with van der Waals surface area (Å²) in [5.74, 6) is 1.75. The molecule has 1 saturated heterocycles. The molecule has 1 aliphatic heterocycles. The molecule has 1 aromatic heterocycles. The molecule has 1 aromatic rings. The molecule has 1 N–H and O–H groups in total. The van der Waals surface area contributed by atoms with E-state index < -0.39 is 5.54 Å². The van der Waals surface area contributed by atoms with Crippen LogP contribution in [0.15, 0.2) is 16.8 Å². The smallest absolute Gasteiger partial charge is 0.244 e. The van der Waals surface area contributed by atoms with E-state index in [1.54, 1.807) is 11.3 Å². The van der Waals surface area contributed by atoms with Gasteiger partial charge >= 0.3 is 0 Å². The van der Waals surface area contributed by atoms with Gasteiger partial charge in [0.25, 0.3) is 0 Å². The lowest BCUT2D eigenvalue weighted by Gasteiger charge is -2.23. The molecule has 1 aliphatic carbocycles. The highest BCUT2D eigenvalue weighted by atomic mass is 32.1. The van der Waals surface area contributed by atoms with Crippen LogP contribution in [0, 0.1) is 11.8 Å². The second-order valence-corrected chi connectivity index (χ2v) is 7.00. The molecule has 0 bridgehead atoms. The Kier molecular flexibility index (Phi) is 3.18. The molecule has 104 valence electrons. The van der Waals surface area contributed by atoms with Gasteiger partial charge in [0.05, 0.1) is 5.54 Å². The minimum atomic E-state index is -0.398. The van der Waals surface area contributed by atoms with Crippen molar-refractivity contribution >= 4 is 17.2 Å². The highest BCUT2D eigenvalue weighted by Crippen LogP contribution is 2.42. The van der Waals surface area contributed by atoms with E-state index in [0.717, 1.165) is 18.9 Å². The molecule has 4 heteroatoms. The summed E-state index contributed by atoms with van der Waals surface area (Å²) in [6, 6.07) is 2.13. The first-order valence-corrected chi connectivity index (χ1v) is 8.10. The summed E-state index contributed by atoms with van der Waals surface area (Å²) in [6.45, 7) is 7.30. The van der Waals surface area contributed by atoms with Crippen LogP contribution in [0.1, 0.15) is 45.3 Å². The molecular weight excluding hydrogens is 256 g/mol. The monoisotopic (exact) mass is 278 g/mol. The van der Waals surface area contributed by atoms with Crippen LogP contribution in [-0.4, -0.2) is 22.9 Å². The van der Waals surface area contributed by atoms with E-state index in [-0.39, 0.29) is 12.1 Å². The maximum Gasteiger partial charge on any atom is 0.244 e. The molecule has 0 aromatic carbocycles. The molecular formula is C15H22N2OS. The molecule has 1 amide bonds. The van der Waals surface area contributed by atoms with Gasteiger partial charge in [-0.05, 0) is 54.0 Å². The predicted molar refractivity (Wildman–Crippen MR) is 77.9 cm³/mol. The molecule has 2 aliphatic rings. The van der Waals surface area contributed by atoms with Crippen molar-refractivity contribution in [2.75, 3.05) is 6.54 Å². The molecule has 4 atom stereocenters. The fourth-order valence-electron chi connectivity index (χ4n) is 2.92. The van der Waals surface area contributed by atoms with Crippen molar-refractivity contribution in [2.24, 2.45) is 11.8 Å². The Bertz CT molecular complexity index is 472. The van der Waals surface area contributed by atoms with Crippen LogP contribution in [0.5, 0.6) is 0 Å². The van der Waals surface area contributed by atoms with E-state index in [2.05, 4.69) is 40.9 Å². The molecule has 19 heavy (non-hydrogen) atoms. The number of carbonyl (C=O) groups is 1. The van der Waals surface area contributed by atoms with Crippen molar-refractivity contribution in [1.82, 2.24) is 10.2 Å². The van der Waals surface area contributed by atoms with Gasteiger partial charge in [0.15, 0.2) is 0 Å². The average Bonchev–Trinajstić information content (AvgIpc) is 2.83. The van der Waals surface area contributed by atoms with Gasteiger partial charge in [-0.1, -0.05) is 13.8 Å². The van der Waals surface area contributed by atoms with Crippen LogP contribution in [0.4, 0.5) is 0 Å². The molecule has 2 fully saturated rings. The Morgan fingerprint density at radius 3 is 2.84 bits per heavy atom. The normalized spacial score (nSPS) is 37.9. The van der Waals surface area contributed by atoms with Gasteiger partial charge in [-0.25, -0.2) is 0 Å². The fraction of sp³-hybridized carbons (Fsp3) is 0.667. The van der Waals surface area contributed by atoms with Crippen LogP contribution < -0.4 is 5.32 Å². The third-order valence-electron chi connectivity index (χ3n) is 4.77. The van der Waals surface area contributed by atoms with Gasteiger partial charge in [-0.2, -0.15) is 11.3 Å². The highest BCUT2D eigenvalue weighted by molar-refractivity contribution is 7.07. The summed E-state index contributed by atoms with van der Waals surface area (Å²) in [7, 11) is 0. The number of nitrogens with one attached hydrogen (secondary N) is 1. The van der Waals surface area contributed by atoms with Crippen LogP contribution in [0.25, 0.3) is 0 Å². The Labute approximate surface area is 119 Å². The van der Waals surface area contributed by atoms with E-state index in [1.165, 1.54) is 12.0 Å². The van der Waals surface area contributed by atoms with Gasteiger partial charge in [-0.3, -0.25) is 10.1 Å². The molecule has 0 radical (unpaired) electrons. The first-order valence-electron chi connectivity index (χ1n) is 7.16. The lowest BCUT2D eigenvalue weighted by atomic mass is 9.99. The first kappa shape index (κ1) is 13.1. The topological polar surface area (TPSA) is 32.3 Å². The van der Waals surface area contributed by atoms with Crippen molar-refractivity contribution in [3.63, 3.8) is 0 Å². The number of amides is 1. The Balaban J connectivity index is 1.85. The second kappa shape index (κ2) is 4.60. The minimum absolute atomic E-state index is 0.0662. The standard InChI is InChI=1S/C15H22N2OS/c1-4-15(3)14(18)17(8-12-7-10(12)2)13(16-15)11-5-6-19-9-11/h5-6,9-10,12-13,16H,4,7-8H2,1-3H3. The van der Waals surface area contributed by atoms with Gasteiger partial charge < -0.3 is 4.90 Å². The van der Waals surface area contributed by atoms with Gasteiger partial charge in [-0.15, -0.1) is 0 Å². The molecule has 3 rings (SSSR count). The zero-order valence-corrected chi connectivity index (χ0v) is 12.7. The summed E-state index contributed by atoms with van der Waals surface area (Å²) in [5, 5.41) is 7.78. The highest BCUT2D eigenvalue weighted by Gasteiger charge is 2.49. The number of hydrogen-bond donors (Lipinski definition) is 1. The summed E-state index contributed by atoms with van der Waals surface area (Å²) < 4.78 is 0. The second-order valence-electron chi connectivity index (χ2n) is 6.22. The SMILES string of the molecule is CCC1(C)NC(c2ccsc2)N(CC2CC2C)C1=O. The number of hydrogen-bond acceptors (Lipinski definition) is 3. The summed E-state index contributed by atoms with van der Waals surface area (Å²) in [5.41, 5.74) is 0.828. The third-order valence-corrected chi connectivity index (χ3v) is 5.47. The van der Waals surface area contributed by atoms with Crippen molar-refractivity contribution in [1.29, 1.82) is 0 Å². The minimum Gasteiger partial charge on any atom is -0.321 e. The lowest BCUT2D eigenvalue weighted by molar-refractivity contribution is -0.133. The number of nitrogens with zero attached hydrogens (tertiary/aromatic N) is 1. The van der Waals surface area contributed by atoms with E-state index >= 15 is 0 Å². The van der Waals surface area contributed by atoms with Gasteiger partial charge in [0.1, 0.15) is 6.17 Å². The summed E-state index contributed by atoms with van der Waals surface area (Å²) >= 11 is 1.69. The largest absolute Gasteiger partial charge is 0.321 e. The van der Waals surface area contributed by atoms with Crippen LogP contribution in [0.2, 0.25) is 0 Å². The summed E-state index contributed by atoms with van der Waals surface area (Å²) in [6.07, 6.45) is 2.17. The zero-order valence-electron chi connectivity index (χ0n) is 11.8. The number of rotatable bonds is 4. The van der Waals surface area contributed by atoms with Crippen LogP contribution in [0.3, 0.4) is 0 Å². The zero-order chi connectivity index (χ0) is 13.6. The third kappa shape index (κ3) is 2.21. The van der Waals surface area contributed by atoms with E-state index in [4.69, 9.17) is 0 Å². The Morgan fingerprint density at radius 2 is 2.32 bits per heavy atom. The summed E-state index contributed by atoms with van der Waals surface area (Å²) in [4.78, 5) is 14.8. The van der Waals surface area contributed by atoms with Crippen LogP contribution in [-0.2, 0) is 4.79 Å². The van der Waals surface area contributed by atoms with Crippen molar-refractivity contribution in [3.8, 4) is 0 Å². The fourth-order valence-corrected chi connectivity index (χ4v) is 3.60. The van der Waals surface area contributed by atoms with E-state index in [9.17, 15) is 4.79 Å². The Hall–Kier alpha value is -0.870. The molecule has 2 heterocycles. The van der Waals surface area contributed by atoms with Crippen LogP contribution >= 0.6 is 11.3 Å². The average molecular weight is 278 g/mol. The maximum atomic E-state index is 12.7. The number of thiophene rings is 1. The van der Waals surface area contributed by atoms with Gasteiger partial charge in [0.2, 0.25) is 5.91 Å². The maximum absolute atomic E-state index is 12.7. The van der Waals surface area contributed by atoms with E-state index in [0.29, 0.717) is 5.92 Å². The van der Waals surface area contributed by atoms with E-state index in [1.807, 2.05) is 6.92 Å². The molecule has 1 saturated carbocycles. The van der Waals surface area contributed by atoms with Gasteiger partial charge in [0, 0.05) is 6.54 Å². The molecule has 4 unspecified atom stereocenters. The number of carbonyl (C=O) groups excluding carboxylic acids is 1. The lowest BCUT2D eigenvalue weighted by Crippen LogP contribution is -2.43. The molecule has 0 spiro atoms. The molecule has 3 nitrogen and oxygen atoms in total. The predicted octanol–water partition coefficient (Wildman–Crippen LogP) is 3.00. The quantitative estimate of drug-likeness (QED) is 0.918. The van der Waals surface area contributed by atoms with Crippen molar-refractivity contribution < 1.29 is 4.79 Å². The van der Waals surface area contributed by atoms with Crippen molar-refractivity contribution in [2.45, 2.75) is 45.3 Å². The van der Waals surface area contributed by atoms with Crippen molar-refractivity contribution in [3.05, 3.63) is 22.4 Å². The first-order chi connectivity index (χ1) is 9.05. The Morgan fingerprint density at radius 1 is 1.58 bits per heavy atom.